The van der Waals surface area contributed by atoms with Crippen molar-refractivity contribution in [1.82, 2.24) is 4.31 Å². The quantitative estimate of drug-likeness (QED) is 0.640. The van der Waals surface area contributed by atoms with Crippen LogP contribution in [0.3, 0.4) is 0 Å². The zero-order chi connectivity index (χ0) is 22.5. The third-order valence-corrected chi connectivity index (χ3v) is 6.24. The number of rotatable bonds is 8. The number of ether oxygens (including phenoxy) is 2. The Morgan fingerprint density at radius 2 is 1.63 bits per heavy atom. The normalized spacial score (nSPS) is 11.3. The van der Waals surface area contributed by atoms with Crippen molar-refractivity contribution >= 4 is 27.6 Å². The summed E-state index contributed by atoms with van der Waals surface area (Å²) in [6, 6.07) is 10.2. The van der Waals surface area contributed by atoms with Gasteiger partial charge in [0.25, 0.3) is 5.91 Å². The topological polar surface area (TPSA) is 102 Å². The van der Waals surface area contributed by atoms with E-state index in [1.165, 1.54) is 20.2 Å². The molecule has 1 N–H and O–H groups in total. The lowest BCUT2D eigenvalue weighted by molar-refractivity contribution is -0.149. The summed E-state index contributed by atoms with van der Waals surface area (Å²) in [7, 11) is -0.791. The van der Waals surface area contributed by atoms with Gasteiger partial charge in [-0.2, -0.15) is 0 Å². The van der Waals surface area contributed by atoms with Crippen LogP contribution in [0.4, 0.5) is 5.69 Å². The van der Waals surface area contributed by atoms with Crippen LogP contribution in [-0.2, 0) is 24.3 Å². The van der Waals surface area contributed by atoms with Gasteiger partial charge < -0.3 is 14.8 Å². The standard InChI is InChI=1S/C21H26N2O6S/c1-14-6-7-15(2)18(10-14)28-13-21(25)29-12-20(24)22-17-9-8-16(3)19(11-17)30(26,27)23(4)5/h6-11H,12-13H2,1-5H3,(H,22,24). The van der Waals surface area contributed by atoms with Gasteiger partial charge in [0.1, 0.15) is 5.75 Å². The van der Waals surface area contributed by atoms with Gasteiger partial charge in [-0.3, -0.25) is 4.79 Å². The number of hydrogen-bond acceptors (Lipinski definition) is 6. The Balaban J connectivity index is 1.92. The molecular formula is C21H26N2O6S. The molecule has 0 saturated heterocycles. The zero-order valence-corrected chi connectivity index (χ0v) is 18.5. The van der Waals surface area contributed by atoms with Crippen molar-refractivity contribution in [1.29, 1.82) is 0 Å². The average Bonchev–Trinajstić information content (AvgIpc) is 2.68. The van der Waals surface area contributed by atoms with Gasteiger partial charge in [0.2, 0.25) is 10.0 Å². The number of amides is 1. The second kappa shape index (κ2) is 9.73. The van der Waals surface area contributed by atoms with Gasteiger partial charge in [-0.15, -0.1) is 0 Å². The van der Waals surface area contributed by atoms with E-state index in [4.69, 9.17) is 9.47 Å². The maximum Gasteiger partial charge on any atom is 0.344 e. The number of sulfonamides is 1. The fourth-order valence-corrected chi connectivity index (χ4v) is 3.68. The molecule has 0 heterocycles. The van der Waals surface area contributed by atoms with Crippen LogP contribution < -0.4 is 10.1 Å². The Morgan fingerprint density at radius 1 is 0.967 bits per heavy atom. The van der Waals surface area contributed by atoms with Crippen molar-refractivity contribution in [2.45, 2.75) is 25.7 Å². The minimum atomic E-state index is -3.65. The summed E-state index contributed by atoms with van der Waals surface area (Å²) in [4.78, 5) is 24.0. The molecule has 0 saturated carbocycles. The maximum atomic E-state index is 12.4. The molecule has 0 spiro atoms. The van der Waals surface area contributed by atoms with E-state index in [2.05, 4.69) is 5.32 Å². The molecule has 30 heavy (non-hydrogen) atoms. The first kappa shape index (κ1) is 23.4. The van der Waals surface area contributed by atoms with Crippen LogP contribution in [0, 0.1) is 20.8 Å². The third kappa shape index (κ3) is 6.04. The van der Waals surface area contributed by atoms with Crippen molar-refractivity contribution in [3.63, 3.8) is 0 Å². The van der Waals surface area contributed by atoms with E-state index in [-0.39, 0.29) is 17.2 Å². The molecule has 0 unspecified atom stereocenters. The molecule has 0 radical (unpaired) electrons. The first-order valence-corrected chi connectivity index (χ1v) is 10.6. The van der Waals surface area contributed by atoms with Crippen molar-refractivity contribution in [3.8, 4) is 5.75 Å². The fourth-order valence-electron chi connectivity index (χ4n) is 2.54. The van der Waals surface area contributed by atoms with Crippen molar-refractivity contribution in [3.05, 3.63) is 53.1 Å². The number of aryl methyl sites for hydroxylation is 3. The molecule has 8 nitrogen and oxygen atoms in total. The van der Waals surface area contributed by atoms with Crippen LogP contribution in [0.1, 0.15) is 16.7 Å². The highest BCUT2D eigenvalue weighted by Gasteiger charge is 2.20. The van der Waals surface area contributed by atoms with E-state index in [1.54, 1.807) is 19.1 Å². The molecule has 1 amide bonds. The number of benzene rings is 2. The highest BCUT2D eigenvalue weighted by atomic mass is 32.2. The smallest absolute Gasteiger partial charge is 0.344 e. The lowest BCUT2D eigenvalue weighted by atomic mass is 10.1. The summed E-state index contributed by atoms with van der Waals surface area (Å²) >= 11 is 0. The highest BCUT2D eigenvalue weighted by Crippen LogP contribution is 2.22. The first-order chi connectivity index (χ1) is 14.0. The maximum absolute atomic E-state index is 12.4. The molecule has 0 aliphatic rings. The largest absolute Gasteiger partial charge is 0.482 e. The minimum absolute atomic E-state index is 0.0872. The monoisotopic (exact) mass is 434 g/mol. The van der Waals surface area contributed by atoms with Gasteiger partial charge in [-0.25, -0.2) is 17.5 Å². The molecule has 0 atom stereocenters. The fraction of sp³-hybridized carbons (Fsp3) is 0.333. The Morgan fingerprint density at radius 3 is 2.30 bits per heavy atom. The average molecular weight is 435 g/mol. The lowest BCUT2D eigenvalue weighted by Crippen LogP contribution is -2.25. The summed E-state index contributed by atoms with van der Waals surface area (Å²) in [5.41, 5.74) is 2.72. The summed E-state index contributed by atoms with van der Waals surface area (Å²) in [6.07, 6.45) is 0. The number of esters is 1. The molecule has 2 rings (SSSR count). The third-order valence-electron chi connectivity index (χ3n) is 4.28. The van der Waals surface area contributed by atoms with Gasteiger partial charge in [0.15, 0.2) is 13.2 Å². The summed E-state index contributed by atoms with van der Waals surface area (Å²) in [5, 5.41) is 2.53. The number of hydrogen-bond donors (Lipinski definition) is 1. The second-order valence-electron chi connectivity index (χ2n) is 7.03. The van der Waals surface area contributed by atoms with Gasteiger partial charge in [-0.1, -0.05) is 18.2 Å². The minimum Gasteiger partial charge on any atom is -0.482 e. The molecule has 9 heteroatoms. The van der Waals surface area contributed by atoms with E-state index in [9.17, 15) is 18.0 Å². The summed E-state index contributed by atoms with van der Waals surface area (Å²) in [5.74, 6) is -0.705. The Bertz CT molecular complexity index is 1050. The van der Waals surface area contributed by atoms with Gasteiger partial charge >= 0.3 is 5.97 Å². The zero-order valence-electron chi connectivity index (χ0n) is 17.7. The van der Waals surface area contributed by atoms with Crippen LogP contribution in [0.5, 0.6) is 5.75 Å². The van der Waals surface area contributed by atoms with Crippen molar-refractivity contribution in [2.24, 2.45) is 0 Å². The highest BCUT2D eigenvalue weighted by molar-refractivity contribution is 7.89. The molecular weight excluding hydrogens is 408 g/mol. The summed E-state index contributed by atoms with van der Waals surface area (Å²) in [6.45, 7) is 4.60. The van der Waals surface area contributed by atoms with E-state index < -0.39 is 28.5 Å². The first-order valence-electron chi connectivity index (χ1n) is 9.19. The molecule has 2 aromatic carbocycles. The number of carbonyl (C=O) groups is 2. The number of nitrogens with zero attached hydrogens (tertiary/aromatic N) is 1. The molecule has 2 aromatic rings. The van der Waals surface area contributed by atoms with Gasteiger partial charge in [0.05, 0.1) is 4.90 Å². The van der Waals surface area contributed by atoms with E-state index in [0.717, 1.165) is 15.4 Å². The van der Waals surface area contributed by atoms with E-state index >= 15 is 0 Å². The van der Waals surface area contributed by atoms with E-state index in [0.29, 0.717) is 11.3 Å². The van der Waals surface area contributed by atoms with Crippen molar-refractivity contribution < 1.29 is 27.5 Å². The van der Waals surface area contributed by atoms with Crippen LogP contribution in [0.25, 0.3) is 0 Å². The predicted octanol–water partition coefficient (Wildman–Crippen LogP) is 2.42. The molecule has 0 bridgehead atoms. The molecule has 0 aliphatic heterocycles. The van der Waals surface area contributed by atoms with E-state index in [1.807, 2.05) is 32.0 Å². The Hall–Kier alpha value is -2.91. The lowest BCUT2D eigenvalue weighted by Gasteiger charge is -2.15. The molecule has 0 aliphatic carbocycles. The van der Waals surface area contributed by atoms with Crippen LogP contribution in [-0.4, -0.2) is 51.9 Å². The number of carbonyl (C=O) groups excluding carboxylic acids is 2. The molecule has 0 aromatic heterocycles. The second-order valence-corrected chi connectivity index (χ2v) is 9.15. The van der Waals surface area contributed by atoms with Gasteiger partial charge in [-0.05, 0) is 55.7 Å². The van der Waals surface area contributed by atoms with Crippen LogP contribution >= 0.6 is 0 Å². The van der Waals surface area contributed by atoms with Crippen LogP contribution in [0.15, 0.2) is 41.3 Å². The SMILES string of the molecule is Cc1ccc(C)c(OCC(=O)OCC(=O)Nc2ccc(C)c(S(=O)(=O)N(C)C)c2)c1. The predicted molar refractivity (Wildman–Crippen MR) is 113 cm³/mol. The molecule has 162 valence electrons. The Labute approximate surface area is 176 Å². The van der Waals surface area contributed by atoms with Gasteiger partial charge in [0, 0.05) is 19.8 Å². The number of anilines is 1. The number of nitrogens with one attached hydrogen (secondary N) is 1. The van der Waals surface area contributed by atoms with Crippen molar-refractivity contribution in [2.75, 3.05) is 32.6 Å². The summed E-state index contributed by atoms with van der Waals surface area (Å²) < 4.78 is 36.2. The Kier molecular flexibility index (Phi) is 7.58. The van der Waals surface area contributed by atoms with Crippen LogP contribution in [0.2, 0.25) is 0 Å². The molecule has 0 fully saturated rings.